The molecule has 3 nitrogen and oxygen atoms in total. The van der Waals surface area contributed by atoms with E-state index in [1.165, 1.54) is 25.7 Å². The molecule has 0 saturated heterocycles. The van der Waals surface area contributed by atoms with Crippen molar-refractivity contribution in [2.45, 2.75) is 64.4 Å². The fraction of sp³-hybridized carbons (Fsp3) is 0.923. The second-order valence-electron chi connectivity index (χ2n) is 4.98. The lowest BCUT2D eigenvalue weighted by atomic mass is 10.1. The van der Waals surface area contributed by atoms with Crippen molar-refractivity contribution >= 4 is 5.97 Å². The summed E-state index contributed by atoms with van der Waals surface area (Å²) in [6.45, 7) is 2.72. The summed E-state index contributed by atoms with van der Waals surface area (Å²) in [5.74, 6) is 0.383. The molecule has 0 aromatic heterocycles. The lowest BCUT2D eigenvalue weighted by molar-refractivity contribution is -0.150. The summed E-state index contributed by atoms with van der Waals surface area (Å²) in [7, 11) is 0. The van der Waals surface area contributed by atoms with Crippen molar-refractivity contribution in [1.29, 1.82) is 0 Å². The molecular weight excluding hydrogens is 202 g/mol. The molecule has 0 aliphatic heterocycles. The Balaban J connectivity index is 2.16. The molecule has 1 rings (SSSR count). The number of carbonyl (C=O) groups excluding carboxylic acids is 1. The lowest BCUT2D eigenvalue weighted by Gasteiger charge is -2.16. The zero-order chi connectivity index (χ0) is 11.8. The third-order valence-corrected chi connectivity index (χ3v) is 3.34. The maximum absolute atomic E-state index is 11.6. The summed E-state index contributed by atoms with van der Waals surface area (Å²) in [5, 5.41) is 0. The highest BCUT2D eigenvalue weighted by Gasteiger charge is 2.16. The van der Waals surface area contributed by atoms with Crippen LogP contribution in [0.2, 0.25) is 0 Å². The van der Waals surface area contributed by atoms with Crippen molar-refractivity contribution in [2.75, 3.05) is 6.54 Å². The standard InChI is InChI=1S/C13H25NO2/c1-11(10-14)8-9-13(15)16-12-6-4-2-3-5-7-12/h11-12H,2-10,14H2,1H3. The van der Waals surface area contributed by atoms with Crippen LogP contribution in [0.5, 0.6) is 0 Å². The molecule has 16 heavy (non-hydrogen) atoms. The molecule has 1 atom stereocenters. The molecule has 0 spiro atoms. The fourth-order valence-corrected chi connectivity index (χ4v) is 2.09. The minimum Gasteiger partial charge on any atom is -0.462 e. The third kappa shape index (κ3) is 5.50. The van der Waals surface area contributed by atoms with E-state index in [0.717, 1.165) is 19.3 Å². The highest BCUT2D eigenvalue weighted by molar-refractivity contribution is 5.69. The Labute approximate surface area is 98.7 Å². The Kier molecular flexibility index (Phi) is 6.46. The molecule has 0 bridgehead atoms. The topological polar surface area (TPSA) is 52.3 Å². The van der Waals surface area contributed by atoms with Gasteiger partial charge in [0.05, 0.1) is 0 Å². The first kappa shape index (κ1) is 13.5. The second-order valence-corrected chi connectivity index (χ2v) is 4.98. The van der Waals surface area contributed by atoms with Crippen molar-refractivity contribution in [2.24, 2.45) is 11.7 Å². The largest absolute Gasteiger partial charge is 0.462 e. The Morgan fingerprint density at radius 2 is 1.94 bits per heavy atom. The van der Waals surface area contributed by atoms with E-state index in [4.69, 9.17) is 10.5 Å². The number of hydrogen-bond donors (Lipinski definition) is 1. The minimum atomic E-state index is -0.0350. The molecule has 1 aliphatic rings. The smallest absolute Gasteiger partial charge is 0.306 e. The summed E-state index contributed by atoms with van der Waals surface area (Å²) < 4.78 is 5.49. The summed E-state index contributed by atoms with van der Waals surface area (Å²) in [5.41, 5.74) is 5.51. The number of carbonyl (C=O) groups is 1. The number of hydrogen-bond acceptors (Lipinski definition) is 3. The van der Waals surface area contributed by atoms with Crippen LogP contribution in [0.1, 0.15) is 58.3 Å². The van der Waals surface area contributed by atoms with Gasteiger partial charge in [-0.15, -0.1) is 0 Å². The minimum absolute atomic E-state index is 0.0350. The van der Waals surface area contributed by atoms with Crippen LogP contribution in [0, 0.1) is 5.92 Å². The summed E-state index contributed by atoms with van der Waals surface area (Å²) in [6, 6.07) is 0. The maximum atomic E-state index is 11.6. The van der Waals surface area contributed by atoms with Gasteiger partial charge >= 0.3 is 5.97 Å². The number of esters is 1. The highest BCUT2D eigenvalue weighted by atomic mass is 16.5. The van der Waals surface area contributed by atoms with Crippen LogP contribution >= 0.6 is 0 Å². The van der Waals surface area contributed by atoms with Crippen LogP contribution in [0.25, 0.3) is 0 Å². The summed E-state index contributed by atoms with van der Waals surface area (Å²) in [4.78, 5) is 11.6. The molecule has 0 amide bonds. The van der Waals surface area contributed by atoms with Crippen LogP contribution in [-0.2, 0) is 9.53 Å². The van der Waals surface area contributed by atoms with Gasteiger partial charge in [0, 0.05) is 6.42 Å². The Morgan fingerprint density at radius 3 is 2.50 bits per heavy atom. The number of nitrogens with two attached hydrogens (primary N) is 1. The van der Waals surface area contributed by atoms with E-state index in [2.05, 4.69) is 6.92 Å². The fourth-order valence-electron chi connectivity index (χ4n) is 2.09. The van der Waals surface area contributed by atoms with Gasteiger partial charge in [-0.2, -0.15) is 0 Å². The molecule has 0 heterocycles. The predicted octanol–water partition coefficient (Wildman–Crippen LogP) is 2.63. The van der Waals surface area contributed by atoms with E-state index in [1.807, 2.05) is 0 Å². The van der Waals surface area contributed by atoms with Gasteiger partial charge in [0.1, 0.15) is 6.10 Å². The van der Waals surface area contributed by atoms with Crippen molar-refractivity contribution < 1.29 is 9.53 Å². The highest BCUT2D eigenvalue weighted by Crippen LogP contribution is 2.20. The first-order chi connectivity index (χ1) is 7.72. The molecular formula is C13H25NO2. The molecule has 1 saturated carbocycles. The Morgan fingerprint density at radius 1 is 1.31 bits per heavy atom. The molecule has 94 valence electrons. The Bertz CT molecular complexity index is 198. The monoisotopic (exact) mass is 227 g/mol. The van der Waals surface area contributed by atoms with E-state index >= 15 is 0 Å². The van der Waals surface area contributed by atoms with Gasteiger partial charge in [0.15, 0.2) is 0 Å². The molecule has 1 fully saturated rings. The Hall–Kier alpha value is -0.570. The quantitative estimate of drug-likeness (QED) is 0.580. The van der Waals surface area contributed by atoms with Gasteiger partial charge in [-0.25, -0.2) is 0 Å². The summed E-state index contributed by atoms with van der Waals surface area (Å²) >= 11 is 0. The molecule has 1 unspecified atom stereocenters. The lowest BCUT2D eigenvalue weighted by Crippen LogP contribution is -2.19. The SMILES string of the molecule is CC(CN)CCC(=O)OC1CCCCCC1. The zero-order valence-electron chi connectivity index (χ0n) is 10.4. The van der Waals surface area contributed by atoms with E-state index < -0.39 is 0 Å². The van der Waals surface area contributed by atoms with Gasteiger partial charge < -0.3 is 10.5 Å². The third-order valence-electron chi connectivity index (χ3n) is 3.34. The van der Waals surface area contributed by atoms with Gasteiger partial charge in [0.2, 0.25) is 0 Å². The van der Waals surface area contributed by atoms with E-state index in [1.54, 1.807) is 0 Å². The summed E-state index contributed by atoms with van der Waals surface area (Å²) in [6.07, 6.45) is 8.65. The maximum Gasteiger partial charge on any atom is 0.306 e. The van der Waals surface area contributed by atoms with Crippen LogP contribution in [0.4, 0.5) is 0 Å². The molecule has 0 radical (unpaired) electrons. The first-order valence-electron chi connectivity index (χ1n) is 6.62. The van der Waals surface area contributed by atoms with Crippen molar-refractivity contribution in [3.8, 4) is 0 Å². The zero-order valence-corrected chi connectivity index (χ0v) is 10.4. The molecule has 2 N–H and O–H groups in total. The van der Waals surface area contributed by atoms with Crippen molar-refractivity contribution in [3.05, 3.63) is 0 Å². The molecule has 0 aromatic carbocycles. The van der Waals surface area contributed by atoms with E-state index in [0.29, 0.717) is 18.9 Å². The average Bonchev–Trinajstić information content (AvgIpc) is 2.54. The predicted molar refractivity (Wildman–Crippen MR) is 65.0 cm³/mol. The number of rotatable bonds is 5. The average molecular weight is 227 g/mol. The molecule has 1 aliphatic carbocycles. The van der Waals surface area contributed by atoms with Crippen molar-refractivity contribution in [1.82, 2.24) is 0 Å². The van der Waals surface area contributed by atoms with E-state index in [-0.39, 0.29) is 12.1 Å². The molecule has 3 heteroatoms. The van der Waals surface area contributed by atoms with Crippen molar-refractivity contribution in [3.63, 3.8) is 0 Å². The van der Waals surface area contributed by atoms with E-state index in [9.17, 15) is 4.79 Å². The first-order valence-corrected chi connectivity index (χ1v) is 6.62. The second kappa shape index (κ2) is 7.66. The van der Waals surface area contributed by atoms with Gasteiger partial charge in [0.25, 0.3) is 0 Å². The van der Waals surface area contributed by atoms with Gasteiger partial charge in [-0.05, 0) is 44.6 Å². The van der Waals surface area contributed by atoms with Crippen LogP contribution in [0.3, 0.4) is 0 Å². The molecule has 0 aromatic rings. The number of ether oxygens (including phenoxy) is 1. The van der Waals surface area contributed by atoms with Gasteiger partial charge in [-0.3, -0.25) is 4.79 Å². The van der Waals surface area contributed by atoms with Crippen LogP contribution in [0.15, 0.2) is 0 Å². The van der Waals surface area contributed by atoms with Gasteiger partial charge in [-0.1, -0.05) is 19.8 Å². The normalized spacial score (nSPS) is 20.1. The van der Waals surface area contributed by atoms with Crippen LogP contribution < -0.4 is 5.73 Å². The van der Waals surface area contributed by atoms with Crippen LogP contribution in [-0.4, -0.2) is 18.6 Å².